The fraction of sp³-hybridized carbons (Fsp3) is 0.333. The minimum atomic E-state index is -0.344. The van der Waals surface area contributed by atoms with E-state index in [0.29, 0.717) is 11.3 Å². The highest BCUT2D eigenvalue weighted by atomic mass is 19.1. The van der Waals surface area contributed by atoms with Crippen LogP contribution in [0.1, 0.15) is 36.7 Å². The second kappa shape index (κ2) is 7.07. The second-order valence-electron chi connectivity index (χ2n) is 6.52. The zero-order chi connectivity index (χ0) is 18.8. The Morgan fingerprint density at radius 3 is 2.65 bits per heavy atom. The first-order chi connectivity index (χ1) is 12.4. The highest BCUT2D eigenvalue weighted by Gasteiger charge is 2.21. The van der Waals surface area contributed by atoms with Crippen LogP contribution in [0.15, 0.2) is 35.4 Å². The third-order valence-corrected chi connectivity index (χ3v) is 4.28. The van der Waals surface area contributed by atoms with Crippen LogP contribution >= 0.6 is 0 Å². The van der Waals surface area contributed by atoms with Gasteiger partial charge in [-0.1, -0.05) is 26.0 Å². The number of aromatic nitrogens is 4. The molecule has 1 aromatic carbocycles. The van der Waals surface area contributed by atoms with E-state index >= 15 is 0 Å². The monoisotopic (exact) mass is 357 g/mol. The molecule has 0 unspecified atom stereocenters. The van der Waals surface area contributed by atoms with Gasteiger partial charge in [0, 0.05) is 5.56 Å². The molecule has 3 aromatic rings. The van der Waals surface area contributed by atoms with Crippen molar-refractivity contribution in [1.82, 2.24) is 24.9 Å². The lowest BCUT2D eigenvalue weighted by molar-refractivity contribution is -0.121. The number of hydrogen-bond donors (Lipinski definition) is 2. The molecule has 0 aliphatic heterocycles. The predicted octanol–water partition coefficient (Wildman–Crippen LogP) is 1.92. The molecular formula is C18H20FN5O2. The number of fused-ring (bicyclic) bond motifs is 1. The summed E-state index contributed by atoms with van der Waals surface area (Å²) in [6, 6.07) is 5.75. The minimum Gasteiger partial charge on any atom is -0.349 e. The molecule has 0 aliphatic carbocycles. The first kappa shape index (κ1) is 17.8. The molecule has 1 atom stereocenters. The molecule has 1 amide bonds. The molecule has 2 heterocycles. The highest BCUT2D eigenvalue weighted by molar-refractivity contribution is 5.79. The summed E-state index contributed by atoms with van der Waals surface area (Å²) >= 11 is 0. The predicted molar refractivity (Wildman–Crippen MR) is 94.2 cm³/mol. The second-order valence-corrected chi connectivity index (χ2v) is 6.52. The van der Waals surface area contributed by atoms with Gasteiger partial charge in [-0.15, -0.1) is 0 Å². The summed E-state index contributed by atoms with van der Waals surface area (Å²) in [5.41, 5.74) is 1.25. The summed E-state index contributed by atoms with van der Waals surface area (Å²) < 4.78 is 14.4. The third kappa shape index (κ3) is 3.49. The number of aromatic amines is 1. The van der Waals surface area contributed by atoms with Crippen molar-refractivity contribution >= 4 is 11.7 Å². The summed E-state index contributed by atoms with van der Waals surface area (Å²) in [5, 5.41) is 5.62. The van der Waals surface area contributed by atoms with E-state index in [0.717, 1.165) is 5.56 Å². The normalized spacial score (nSPS) is 12.5. The van der Waals surface area contributed by atoms with Crippen LogP contribution in [0.25, 0.3) is 5.78 Å². The topological polar surface area (TPSA) is 92.2 Å². The maximum absolute atomic E-state index is 13.2. The number of nitrogens with zero attached hydrogens (tertiary/aromatic N) is 3. The van der Waals surface area contributed by atoms with Crippen LogP contribution in [0.4, 0.5) is 4.39 Å². The van der Waals surface area contributed by atoms with Gasteiger partial charge in [-0.3, -0.25) is 14.7 Å². The number of benzene rings is 1. The van der Waals surface area contributed by atoms with E-state index in [1.54, 1.807) is 19.1 Å². The molecule has 0 saturated carbocycles. The van der Waals surface area contributed by atoms with Crippen LogP contribution in [-0.2, 0) is 11.2 Å². The van der Waals surface area contributed by atoms with Gasteiger partial charge in [0.2, 0.25) is 5.91 Å². The molecule has 0 radical (unpaired) electrons. The van der Waals surface area contributed by atoms with Crippen molar-refractivity contribution in [2.24, 2.45) is 5.92 Å². The van der Waals surface area contributed by atoms with Gasteiger partial charge < -0.3 is 5.32 Å². The molecule has 2 N–H and O–H groups in total. The number of amides is 1. The number of H-pyrrole nitrogens is 1. The van der Waals surface area contributed by atoms with Gasteiger partial charge in [-0.2, -0.15) is 4.52 Å². The van der Waals surface area contributed by atoms with E-state index in [1.807, 2.05) is 13.8 Å². The van der Waals surface area contributed by atoms with Gasteiger partial charge in [0.1, 0.15) is 12.1 Å². The van der Waals surface area contributed by atoms with Crippen molar-refractivity contribution in [3.05, 3.63) is 63.6 Å². The van der Waals surface area contributed by atoms with Crippen molar-refractivity contribution < 1.29 is 9.18 Å². The Morgan fingerprint density at radius 1 is 1.31 bits per heavy atom. The van der Waals surface area contributed by atoms with E-state index in [1.165, 1.54) is 23.0 Å². The SMILES string of the molecule is Cc1nc2nc[nH]n2c(=O)c1CC(=O)N[C@@H](c1ccc(F)cc1)C(C)C. The summed E-state index contributed by atoms with van der Waals surface area (Å²) in [6.45, 7) is 5.61. The summed E-state index contributed by atoms with van der Waals surface area (Å²) in [5.74, 6) is -0.262. The maximum atomic E-state index is 13.2. The fourth-order valence-corrected chi connectivity index (χ4v) is 2.89. The van der Waals surface area contributed by atoms with E-state index in [2.05, 4.69) is 20.4 Å². The largest absolute Gasteiger partial charge is 0.349 e. The van der Waals surface area contributed by atoms with Crippen LogP contribution in [0.3, 0.4) is 0 Å². The average molecular weight is 357 g/mol. The molecule has 0 fully saturated rings. The smallest absolute Gasteiger partial charge is 0.277 e. The Bertz CT molecular complexity index is 991. The van der Waals surface area contributed by atoms with Crippen molar-refractivity contribution in [3.8, 4) is 0 Å². The fourth-order valence-electron chi connectivity index (χ4n) is 2.89. The number of nitrogens with one attached hydrogen (secondary N) is 2. The van der Waals surface area contributed by atoms with Crippen LogP contribution in [-0.4, -0.2) is 25.5 Å². The molecule has 0 saturated heterocycles. The summed E-state index contributed by atoms with van der Waals surface area (Å²) in [7, 11) is 0. The zero-order valence-corrected chi connectivity index (χ0v) is 14.8. The Balaban J connectivity index is 1.83. The van der Waals surface area contributed by atoms with Crippen LogP contribution in [0.5, 0.6) is 0 Å². The molecule has 0 bridgehead atoms. The van der Waals surface area contributed by atoms with E-state index < -0.39 is 0 Å². The molecule has 136 valence electrons. The van der Waals surface area contributed by atoms with Gasteiger partial charge in [0.15, 0.2) is 0 Å². The van der Waals surface area contributed by atoms with Gasteiger partial charge >= 0.3 is 0 Å². The van der Waals surface area contributed by atoms with Gasteiger partial charge in [0.25, 0.3) is 11.3 Å². The van der Waals surface area contributed by atoms with E-state index in [-0.39, 0.29) is 41.4 Å². The van der Waals surface area contributed by atoms with Crippen molar-refractivity contribution in [1.29, 1.82) is 0 Å². The minimum absolute atomic E-state index is 0.0932. The van der Waals surface area contributed by atoms with Gasteiger partial charge in [-0.25, -0.2) is 14.4 Å². The van der Waals surface area contributed by atoms with Crippen LogP contribution in [0.2, 0.25) is 0 Å². The Morgan fingerprint density at radius 2 is 2.00 bits per heavy atom. The molecule has 0 aliphatic rings. The lowest BCUT2D eigenvalue weighted by Crippen LogP contribution is -2.35. The maximum Gasteiger partial charge on any atom is 0.277 e. The Labute approximate surface area is 149 Å². The van der Waals surface area contributed by atoms with Crippen molar-refractivity contribution in [2.45, 2.75) is 33.2 Å². The van der Waals surface area contributed by atoms with E-state index in [4.69, 9.17) is 0 Å². The molecule has 7 nitrogen and oxygen atoms in total. The first-order valence-corrected chi connectivity index (χ1v) is 8.33. The lowest BCUT2D eigenvalue weighted by atomic mass is 9.95. The molecule has 8 heteroatoms. The zero-order valence-electron chi connectivity index (χ0n) is 14.8. The number of hydrogen-bond acceptors (Lipinski definition) is 4. The summed E-state index contributed by atoms with van der Waals surface area (Å²) in [4.78, 5) is 33.2. The van der Waals surface area contributed by atoms with Gasteiger partial charge in [-0.05, 0) is 30.5 Å². The number of carbonyl (C=O) groups excluding carboxylic acids is 1. The third-order valence-electron chi connectivity index (χ3n) is 4.28. The molecule has 2 aromatic heterocycles. The molecule has 3 rings (SSSR count). The Kier molecular flexibility index (Phi) is 4.83. The first-order valence-electron chi connectivity index (χ1n) is 8.33. The van der Waals surface area contributed by atoms with E-state index in [9.17, 15) is 14.0 Å². The quantitative estimate of drug-likeness (QED) is 0.730. The average Bonchev–Trinajstić information content (AvgIpc) is 3.05. The van der Waals surface area contributed by atoms with Gasteiger partial charge in [0.05, 0.1) is 18.2 Å². The van der Waals surface area contributed by atoms with Crippen molar-refractivity contribution in [2.75, 3.05) is 0 Å². The van der Waals surface area contributed by atoms with Crippen LogP contribution < -0.4 is 10.9 Å². The highest BCUT2D eigenvalue weighted by Crippen LogP contribution is 2.22. The summed E-state index contributed by atoms with van der Waals surface area (Å²) in [6.07, 6.45) is 1.28. The molecular weight excluding hydrogens is 337 g/mol. The Hall–Kier alpha value is -3.03. The molecule has 26 heavy (non-hydrogen) atoms. The number of carbonyl (C=O) groups is 1. The number of halogens is 1. The lowest BCUT2D eigenvalue weighted by Gasteiger charge is -2.23. The number of aryl methyl sites for hydroxylation is 1. The van der Waals surface area contributed by atoms with Crippen molar-refractivity contribution in [3.63, 3.8) is 0 Å². The number of rotatable bonds is 5. The van der Waals surface area contributed by atoms with Crippen LogP contribution in [0, 0.1) is 18.7 Å². The molecule has 0 spiro atoms. The standard InChI is InChI=1S/C18H20FN5O2/c1-10(2)16(12-4-6-13(19)7-5-12)23-15(25)8-14-11(3)22-18-20-9-21-24(18)17(14)26/h4-7,9-10,16H,8H2,1-3H3,(H,23,25)(H,20,21,22)/t16-/m1/s1.